The van der Waals surface area contributed by atoms with Gasteiger partial charge >= 0.3 is 0 Å². The molecule has 2 saturated carbocycles. The highest BCUT2D eigenvalue weighted by atomic mass is 14.9. The van der Waals surface area contributed by atoms with Crippen LogP contribution in [0.15, 0.2) is 12.4 Å². The van der Waals surface area contributed by atoms with E-state index in [1.807, 2.05) is 0 Å². The van der Waals surface area contributed by atoms with Gasteiger partial charge in [0, 0.05) is 18.8 Å². The molecular weight excluding hydrogens is 400 g/mol. The SMILES string of the molecule is CCCCCCCCCc1cnc(CC[C@H]2CC[C@H]([C@H]3CC[C@H](CCCC)CC3)CC2)nc1. The Kier molecular flexibility index (Phi) is 12.8. The summed E-state index contributed by atoms with van der Waals surface area (Å²) in [6.45, 7) is 4.62. The predicted molar refractivity (Wildman–Crippen MR) is 142 cm³/mol. The number of aromatic nitrogens is 2. The van der Waals surface area contributed by atoms with E-state index in [4.69, 9.17) is 9.97 Å². The van der Waals surface area contributed by atoms with E-state index in [1.54, 1.807) is 0 Å². The number of rotatable bonds is 15. The van der Waals surface area contributed by atoms with Crippen LogP contribution in [0.4, 0.5) is 0 Å². The van der Waals surface area contributed by atoms with E-state index in [0.29, 0.717) is 0 Å². The van der Waals surface area contributed by atoms with Gasteiger partial charge in [-0.25, -0.2) is 9.97 Å². The Labute approximate surface area is 206 Å². The number of aryl methyl sites for hydroxylation is 2. The summed E-state index contributed by atoms with van der Waals surface area (Å²) >= 11 is 0. The zero-order chi connectivity index (χ0) is 23.1. The van der Waals surface area contributed by atoms with Crippen molar-refractivity contribution in [3.63, 3.8) is 0 Å². The van der Waals surface area contributed by atoms with Crippen molar-refractivity contribution in [1.82, 2.24) is 9.97 Å². The topological polar surface area (TPSA) is 25.8 Å². The molecular formula is C31H54N2. The number of nitrogens with zero attached hydrogens (tertiary/aromatic N) is 2. The summed E-state index contributed by atoms with van der Waals surface area (Å²) in [6, 6.07) is 0. The van der Waals surface area contributed by atoms with Gasteiger partial charge < -0.3 is 0 Å². The van der Waals surface area contributed by atoms with Crippen LogP contribution >= 0.6 is 0 Å². The second-order valence-corrected chi connectivity index (χ2v) is 11.6. The molecule has 33 heavy (non-hydrogen) atoms. The Hall–Kier alpha value is -0.920. The molecule has 3 rings (SSSR count). The normalized spacial score (nSPS) is 25.9. The van der Waals surface area contributed by atoms with E-state index in [-0.39, 0.29) is 0 Å². The van der Waals surface area contributed by atoms with Gasteiger partial charge in [0.05, 0.1) is 0 Å². The zero-order valence-corrected chi connectivity index (χ0v) is 22.2. The molecule has 2 aliphatic carbocycles. The van der Waals surface area contributed by atoms with Gasteiger partial charge in [-0.1, -0.05) is 97.3 Å². The Balaban J connectivity index is 1.25. The van der Waals surface area contributed by atoms with Crippen LogP contribution in [0.25, 0.3) is 0 Å². The largest absolute Gasteiger partial charge is 0.241 e. The number of unbranched alkanes of at least 4 members (excludes halogenated alkanes) is 7. The van der Waals surface area contributed by atoms with Gasteiger partial charge in [0.25, 0.3) is 0 Å². The van der Waals surface area contributed by atoms with Gasteiger partial charge in [-0.15, -0.1) is 0 Å². The fraction of sp³-hybridized carbons (Fsp3) is 0.871. The molecule has 0 radical (unpaired) electrons. The molecule has 0 aliphatic heterocycles. The van der Waals surface area contributed by atoms with E-state index >= 15 is 0 Å². The maximum Gasteiger partial charge on any atom is 0.128 e. The van der Waals surface area contributed by atoms with Gasteiger partial charge in [-0.2, -0.15) is 0 Å². The maximum absolute atomic E-state index is 4.71. The van der Waals surface area contributed by atoms with Crippen LogP contribution in [0.1, 0.15) is 147 Å². The van der Waals surface area contributed by atoms with Gasteiger partial charge in [-0.3, -0.25) is 0 Å². The summed E-state index contributed by atoms with van der Waals surface area (Å²) in [5.41, 5.74) is 1.33. The first kappa shape index (κ1) is 26.7. The third-order valence-corrected chi connectivity index (χ3v) is 9.02. The molecule has 0 atom stereocenters. The van der Waals surface area contributed by atoms with Crippen LogP contribution in [0.5, 0.6) is 0 Å². The minimum atomic E-state index is 0.915. The molecule has 2 nitrogen and oxygen atoms in total. The first-order chi connectivity index (χ1) is 16.3. The number of hydrogen-bond acceptors (Lipinski definition) is 2. The average Bonchev–Trinajstić information content (AvgIpc) is 2.87. The summed E-state index contributed by atoms with van der Waals surface area (Å²) in [7, 11) is 0. The van der Waals surface area contributed by atoms with Gasteiger partial charge in [0.15, 0.2) is 0 Å². The molecule has 1 heterocycles. The quantitative estimate of drug-likeness (QED) is 0.246. The summed E-state index contributed by atoms with van der Waals surface area (Å²) < 4.78 is 0. The van der Waals surface area contributed by atoms with Crippen LogP contribution in [0.2, 0.25) is 0 Å². The molecule has 2 heteroatoms. The second kappa shape index (κ2) is 15.9. The van der Waals surface area contributed by atoms with Crippen molar-refractivity contribution in [1.29, 1.82) is 0 Å². The lowest BCUT2D eigenvalue weighted by molar-refractivity contribution is 0.140. The molecule has 188 valence electrons. The molecule has 1 aromatic heterocycles. The lowest BCUT2D eigenvalue weighted by Gasteiger charge is -2.38. The molecule has 2 fully saturated rings. The molecule has 0 N–H and O–H groups in total. The van der Waals surface area contributed by atoms with Crippen LogP contribution in [-0.4, -0.2) is 9.97 Å². The van der Waals surface area contributed by atoms with Crippen molar-refractivity contribution in [2.45, 2.75) is 149 Å². The highest BCUT2D eigenvalue weighted by molar-refractivity contribution is 5.05. The fourth-order valence-electron chi connectivity index (χ4n) is 6.65. The Morgan fingerprint density at radius 1 is 0.576 bits per heavy atom. The van der Waals surface area contributed by atoms with Gasteiger partial charge in [0.1, 0.15) is 5.82 Å². The van der Waals surface area contributed by atoms with E-state index in [9.17, 15) is 0 Å². The molecule has 0 unspecified atom stereocenters. The second-order valence-electron chi connectivity index (χ2n) is 11.6. The lowest BCUT2D eigenvalue weighted by Crippen LogP contribution is -2.26. The minimum absolute atomic E-state index is 0.915. The molecule has 1 aromatic rings. The summed E-state index contributed by atoms with van der Waals surface area (Å²) in [5.74, 6) is 5.13. The third kappa shape index (κ3) is 10.1. The first-order valence-corrected chi connectivity index (χ1v) is 15.1. The zero-order valence-electron chi connectivity index (χ0n) is 22.2. The summed E-state index contributed by atoms with van der Waals surface area (Å²) in [5, 5.41) is 0. The van der Waals surface area contributed by atoms with Crippen molar-refractivity contribution in [2.24, 2.45) is 23.7 Å². The molecule has 2 aliphatic rings. The molecule has 0 spiro atoms. The lowest BCUT2D eigenvalue weighted by atomic mass is 9.68. The smallest absolute Gasteiger partial charge is 0.128 e. The van der Waals surface area contributed by atoms with Crippen molar-refractivity contribution < 1.29 is 0 Å². The Morgan fingerprint density at radius 3 is 1.67 bits per heavy atom. The van der Waals surface area contributed by atoms with E-state index in [0.717, 1.165) is 42.3 Å². The molecule has 0 saturated heterocycles. The molecule has 0 amide bonds. The van der Waals surface area contributed by atoms with Crippen LogP contribution < -0.4 is 0 Å². The maximum atomic E-state index is 4.71. The third-order valence-electron chi connectivity index (χ3n) is 9.02. The highest BCUT2D eigenvalue weighted by Gasteiger charge is 2.30. The monoisotopic (exact) mass is 454 g/mol. The first-order valence-electron chi connectivity index (χ1n) is 15.1. The minimum Gasteiger partial charge on any atom is -0.241 e. The van der Waals surface area contributed by atoms with Crippen LogP contribution in [0.3, 0.4) is 0 Å². The van der Waals surface area contributed by atoms with Gasteiger partial charge in [-0.05, 0) is 74.2 Å². The molecule has 0 aromatic carbocycles. The predicted octanol–water partition coefficient (Wildman–Crippen LogP) is 9.51. The Morgan fingerprint density at radius 2 is 1.09 bits per heavy atom. The Bertz CT molecular complexity index is 594. The standard InChI is InChI=1S/C31H54N2/c1-3-5-7-8-9-10-11-13-28-24-32-31(33-25-28)23-18-27-16-21-30(22-17-27)29-19-14-26(15-20-29)12-6-4-2/h24-27,29-30H,3-23H2,1-2H3/t26-,27-,29-,30-. The van der Waals surface area contributed by atoms with Crippen molar-refractivity contribution in [3.05, 3.63) is 23.8 Å². The summed E-state index contributed by atoms with van der Waals surface area (Å²) in [6.07, 6.45) is 33.7. The van der Waals surface area contributed by atoms with E-state index < -0.39 is 0 Å². The highest BCUT2D eigenvalue weighted by Crippen LogP contribution is 2.43. The van der Waals surface area contributed by atoms with E-state index in [2.05, 4.69) is 26.2 Å². The average molecular weight is 455 g/mol. The van der Waals surface area contributed by atoms with E-state index in [1.165, 1.54) is 128 Å². The van der Waals surface area contributed by atoms with Crippen molar-refractivity contribution >= 4 is 0 Å². The number of hydrogen-bond donors (Lipinski definition) is 0. The molecule has 0 bridgehead atoms. The summed E-state index contributed by atoms with van der Waals surface area (Å²) in [4.78, 5) is 9.42. The van der Waals surface area contributed by atoms with Crippen LogP contribution in [0, 0.1) is 23.7 Å². The van der Waals surface area contributed by atoms with Crippen molar-refractivity contribution in [3.8, 4) is 0 Å². The van der Waals surface area contributed by atoms with Crippen molar-refractivity contribution in [2.75, 3.05) is 0 Å². The fourth-order valence-corrected chi connectivity index (χ4v) is 6.65. The van der Waals surface area contributed by atoms with Gasteiger partial charge in [0.2, 0.25) is 0 Å². The van der Waals surface area contributed by atoms with Crippen LogP contribution in [-0.2, 0) is 12.8 Å².